The van der Waals surface area contributed by atoms with Crippen LogP contribution in [-0.2, 0) is 13.0 Å². The van der Waals surface area contributed by atoms with E-state index < -0.39 is 0 Å². The van der Waals surface area contributed by atoms with Gasteiger partial charge in [-0.2, -0.15) is 0 Å². The van der Waals surface area contributed by atoms with Crippen LogP contribution in [0.4, 0.5) is 0 Å². The number of imidazole rings is 1. The Bertz CT molecular complexity index is 277. The van der Waals surface area contributed by atoms with E-state index in [0.29, 0.717) is 6.42 Å². The highest BCUT2D eigenvalue weighted by atomic mass is 15.1. The lowest BCUT2D eigenvalue weighted by atomic mass is 10.3. The van der Waals surface area contributed by atoms with Gasteiger partial charge in [-0.1, -0.05) is 6.92 Å². The van der Waals surface area contributed by atoms with Crippen molar-refractivity contribution in [3.63, 3.8) is 0 Å². The molecule has 13 heavy (non-hydrogen) atoms. The lowest BCUT2D eigenvalue weighted by Gasteiger charge is -2.04. The van der Waals surface area contributed by atoms with Gasteiger partial charge in [-0.3, -0.25) is 5.41 Å². The van der Waals surface area contributed by atoms with Gasteiger partial charge in [0.1, 0.15) is 5.82 Å². The van der Waals surface area contributed by atoms with Gasteiger partial charge in [-0.05, 0) is 6.42 Å². The zero-order valence-corrected chi connectivity index (χ0v) is 7.95. The molecule has 0 spiro atoms. The Morgan fingerprint density at radius 3 is 3.08 bits per heavy atom. The van der Waals surface area contributed by atoms with E-state index in [4.69, 9.17) is 11.1 Å². The largest absolute Gasteiger partial charge is 0.388 e. The Hall–Kier alpha value is -1.32. The molecule has 1 heterocycles. The van der Waals surface area contributed by atoms with Crippen LogP contribution in [0.15, 0.2) is 12.4 Å². The Morgan fingerprint density at radius 1 is 1.69 bits per heavy atom. The molecule has 4 heteroatoms. The third-order valence-electron chi connectivity index (χ3n) is 1.96. The monoisotopic (exact) mass is 180 g/mol. The van der Waals surface area contributed by atoms with E-state index in [9.17, 15) is 0 Å². The number of amidine groups is 1. The number of hydrogen-bond donors (Lipinski definition) is 2. The number of nitrogens with one attached hydrogen (secondary N) is 1. The Labute approximate surface area is 78.3 Å². The standard InChI is InChI=1S/C9H16N4/c1-2-9-12-5-7-13(9)6-3-4-8(10)11/h5,7H,2-4,6H2,1H3,(H3,10,11). The Morgan fingerprint density at radius 2 is 2.46 bits per heavy atom. The number of aromatic nitrogens is 2. The van der Waals surface area contributed by atoms with Crippen molar-refractivity contribution in [1.82, 2.24) is 9.55 Å². The first-order valence-corrected chi connectivity index (χ1v) is 4.57. The van der Waals surface area contributed by atoms with Crippen LogP contribution < -0.4 is 5.73 Å². The lowest BCUT2D eigenvalue weighted by Crippen LogP contribution is -2.11. The summed E-state index contributed by atoms with van der Waals surface area (Å²) in [4.78, 5) is 4.21. The van der Waals surface area contributed by atoms with Gasteiger partial charge in [-0.25, -0.2) is 4.98 Å². The van der Waals surface area contributed by atoms with Gasteiger partial charge in [0.25, 0.3) is 0 Å². The van der Waals surface area contributed by atoms with Gasteiger partial charge in [0.15, 0.2) is 0 Å². The van der Waals surface area contributed by atoms with Gasteiger partial charge in [0.05, 0.1) is 5.84 Å². The van der Waals surface area contributed by atoms with Gasteiger partial charge in [-0.15, -0.1) is 0 Å². The van der Waals surface area contributed by atoms with Gasteiger partial charge >= 0.3 is 0 Å². The fourth-order valence-corrected chi connectivity index (χ4v) is 1.30. The summed E-state index contributed by atoms with van der Waals surface area (Å²) >= 11 is 0. The van der Waals surface area contributed by atoms with Gasteiger partial charge < -0.3 is 10.3 Å². The Balaban J connectivity index is 2.40. The van der Waals surface area contributed by atoms with Crippen LogP contribution in [0, 0.1) is 5.41 Å². The molecule has 0 unspecified atom stereocenters. The first-order chi connectivity index (χ1) is 6.24. The number of nitrogens with zero attached hydrogens (tertiary/aromatic N) is 2. The summed E-state index contributed by atoms with van der Waals surface area (Å²) in [7, 11) is 0. The maximum Gasteiger partial charge on any atom is 0.108 e. The van der Waals surface area contributed by atoms with Crippen LogP contribution in [0.2, 0.25) is 0 Å². The normalized spacial score (nSPS) is 10.2. The molecule has 4 nitrogen and oxygen atoms in total. The maximum absolute atomic E-state index is 7.07. The number of rotatable bonds is 5. The van der Waals surface area contributed by atoms with Crippen molar-refractivity contribution in [3.8, 4) is 0 Å². The molecule has 0 aromatic carbocycles. The number of aryl methyl sites for hydroxylation is 2. The quantitative estimate of drug-likeness (QED) is 0.527. The van der Waals surface area contributed by atoms with Crippen molar-refractivity contribution in [2.24, 2.45) is 5.73 Å². The van der Waals surface area contributed by atoms with Crippen molar-refractivity contribution in [1.29, 1.82) is 5.41 Å². The van der Waals surface area contributed by atoms with Crippen LogP contribution in [0.1, 0.15) is 25.6 Å². The molecule has 0 aliphatic rings. The van der Waals surface area contributed by atoms with E-state index in [1.165, 1.54) is 0 Å². The van der Waals surface area contributed by atoms with Crippen LogP contribution in [0.3, 0.4) is 0 Å². The van der Waals surface area contributed by atoms with Crippen molar-refractivity contribution in [2.45, 2.75) is 32.7 Å². The molecule has 1 rings (SSSR count). The highest BCUT2D eigenvalue weighted by molar-refractivity contribution is 5.76. The molecule has 0 atom stereocenters. The number of hydrogen-bond acceptors (Lipinski definition) is 2. The summed E-state index contributed by atoms with van der Waals surface area (Å²) in [6.07, 6.45) is 6.32. The molecule has 0 amide bonds. The second-order valence-electron chi connectivity index (χ2n) is 3.02. The van der Waals surface area contributed by atoms with Gasteiger partial charge in [0.2, 0.25) is 0 Å². The van der Waals surface area contributed by atoms with Crippen molar-refractivity contribution >= 4 is 5.84 Å². The predicted molar refractivity (Wildman–Crippen MR) is 52.8 cm³/mol. The number of nitrogens with two attached hydrogens (primary N) is 1. The molecule has 72 valence electrons. The molecule has 1 aromatic heterocycles. The van der Waals surface area contributed by atoms with Crippen molar-refractivity contribution in [2.75, 3.05) is 0 Å². The van der Waals surface area contributed by atoms with E-state index in [1.54, 1.807) is 0 Å². The fourth-order valence-electron chi connectivity index (χ4n) is 1.30. The summed E-state index contributed by atoms with van der Waals surface area (Å²) in [5.41, 5.74) is 5.26. The summed E-state index contributed by atoms with van der Waals surface area (Å²) in [5.74, 6) is 1.36. The summed E-state index contributed by atoms with van der Waals surface area (Å²) in [5, 5.41) is 7.07. The molecule has 0 aliphatic heterocycles. The summed E-state index contributed by atoms with van der Waals surface area (Å²) < 4.78 is 2.11. The SMILES string of the molecule is CCc1nccn1CCCC(=N)N. The molecular weight excluding hydrogens is 164 g/mol. The smallest absolute Gasteiger partial charge is 0.108 e. The minimum absolute atomic E-state index is 0.262. The van der Waals surface area contributed by atoms with Crippen molar-refractivity contribution < 1.29 is 0 Å². The molecule has 3 N–H and O–H groups in total. The van der Waals surface area contributed by atoms with Crippen molar-refractivity contribution in [3.05, 3.63) is 18.2 Å². The second-order valence-corrected chi connectivity index (χ2v) is 3.02. The van der Waals surface area contributed by atoms with Crippen LogP contribution in [-0.4, -0.2) is 15.4 Å². The van der Waals surface area contributed by atoms with E-state index in [2.05, 4.69) is 16.5 Å². The average Bonchev–Trinajstić information content (AvgIpc) is 2.51. The van der Waals surface area contributed by atoms with E-state index >= 15 is 0 Å². The molecule has 0 aliphatic carbocycles. The van der Waals surface area contributed by atoms with Gasteiger partial charge in [0, 0.05) is 31.8 Å². The molecular formula is C9H16N4. The van der Waals surface area contributed by atoms with Crippen LogP contribution >= 0.6 is 0 Å². The molecule has 0 bridgehead atoms. The van der Waals surface area contributed by atoms with Crippen LogP contribution in [0.5, 0.6) is 0 Å². The zero-order valence-electron chi connectivity index (χ0n) is 7.95. The third kappa shape index (κ3) is 2.89. The molecule has 0 radical (unpaired) electrons. The second kappa shape index (κ2) is 4.64. The lowest BCUT2D eigenvalue weighted by molar-refractivity contribution is 0.625. The van der Waals surface area contributed by atoms with E-state index in [0.717, 1.165) is 25.2 Å². The highest BCUT2D eigenvalue weighted by Gasteiger charge is 1.99. The third-order valence-corrected chi connectivity index (χ3v) is 1.96. The predicted octanol–water partition coefficient (Wildman–Crippen LogP) is 1.16. The van der Waals surface area contributed by atoms with E-state index in [-0.39, 0.29) is 5.84 Å². The first-order valence-electron chi connectivity index (χ1n) is 4.57. The molecule has 0 saturated heterocycles. The highest BCUT2D eigenvalue weighted by Crippen LogP contribution is 2.01. The average molecular weight is 180 g/mol. The minimum atomic E-state index is 0.262. The summed E-state index contributed by atoms with van der Waals surface area (Å²) in [6, 6.07) is 0. The zero-order chi connectivity index (χ0) is 9.68. The first kappa shape index (κ1) is 9.77. The topological polar surface area (TPSA) is 67.7 Å². The maximum atomic E-state index is 7.07. The molecule has 1 aromatic rings. The Kier molecular flexibility index (Phi) is 3.49. The molecule has 0 saturated carbocycles. The summed E-state index contributed by atoms with van der Waals surface area (Å²) in [6.45, 7) is 2.99. The van der Waals surface area contributed by atoms with E-state index in [1.807, 2.05) is 12.4 Å². The fraction of sp³-hybridized carbons (Fsp3) is 0.556. The minimum Gasteiger partial charge on any atom is -0.388 e. The van der Waals surface area contributed by atoms with Crippen LogP contribution in [0.25, 0.3) is 0 Å². The molecule has 0 fully saturated rings.